The molecule has 0 fully saturated rings. The normalized spacial score (nSPS) is 15.8. The minimum atomic E-state index is -0.581. The second-order valence-electron chi connectivity index (χ2n) is 2.66. The number of ether oxygens (including phenoxy) is 1. The molecule has 0 N–H and O–H groups in total. The Morgan fingerprint density at radius 3 is 3.08 bits per heavy atom. The standard InChI is InChI=1S/C8H3N3O2/c12-8-11-6-1-4-5(10-3-9-4)2-7(6)13-8/h1-3H. The van der Waals surface area contributed by atoms with Crippen LogP contribution in [0, 0.1) is 0 Å². The first-order chi connectivity index (χ1) is 6.33. The SMILES string of the molecule is O=C1N=c2cc3c(cc2O1)=NC=N3. The molecule has 0 aliphatic carbocycles. The van der Waals surface area contributed by atoms with Gasteiger partial charge in [-0.1, -0.05) is 0 Å². The summed E-state index contributed by atoms with van der Waals surface area (Å²) in [6.07, 6.45) is 0.879. The van der Waals surface area contributed by atoms with Gasteiger partial charge >= 0.3 is 6.09 Å². The molecule has 0 spiro atoms. The topological polar surface area (TPSA) is 63.4 Å². The number of carbonyl (C=O) groups excluding carboxylic acids is 1. The van der Waals surface area contributed by atoms with Crippen LogP contribution in [0.1, 0.15) is 0 Å². The smallest absolute Gasteiger partial charge is 0.406 e. The highest BCUT2D eigenvalue weighted by molar-refractivity contribution is 5.75. The molecule has 0 radical (unpaired) electrons. The van der Waals surface area contributed by atoms with E-state index in [-0.39, 0.29) is 0 Å². The fourth-order valence-electron chi connectivity index (χ4n) is 1.29. The Kier molecular flexibility index (Phi) is 0.999. The molecule has 13 heavy (non-hydrogen) atoms. The molecule has 2 aliphatic heterocycles. The fourth-order valence-corrected chi connectivity index (χ4v) is 1.29. The van der Waals surface area contributed by atoms with Crippen LogP contribution >= 0.6 is 0 Å². The van der Waals surface area contributed by atoms with Gasteiger partial charge in [0.15, 0.2) is 5.75 Å². The summed E-state index contributed by atoms with van der Waals surface area (Å²) in [6, 6.07) is 3.34. The van der Waals surface area contributed by atoms with Crippen molar-refractivity contribution in [2.75, 3.05) is 0 Å². The van der Waals surface area contributed by atoms with Crippen molar-refractivity contribution in [2.24, 2.45) is 15.0 Å². The van der Waals surface area contributed by atoms with Crippen molar-refractivity contribution >= 4 is 18.1 Å². The van der Waals surface area contributed by atoms with Gasteiger partial charge in [0.05, 0.1) is 11.0 Å². The highest BCUT2D eigenvalue weighted by Crippen LogP contribution is 2.12. The number of aliphatic imine (C=N–C) groups is 1. The number of benzene rings is 1. The molecule has 1 aromatic carbocycles. The molecule has 3 rings (SSSR count). The van der Waals surface area contributed by atoms with Crippen molar-refractivity contribution in [1.82, 2.24) is 0 Å². The Hall–Kier alpha value is -2.04. The molecule has 1 aromatic rings. The van der Waals surface area contributed by atoms with Crippen molar-refractivity contribution in [1.29, 1.82) is 0 Å². The molecule has 0 saturated carbocycles. The van der Waals surface area contributed by atoms with Gasteiger partial charge in [0.25, 0.3) is 0 Å². The van der Waals surface area contributed by atoms with E-state index < -0.39 is 6.09 Å². The van der Waals surface area contributed by atoms with Gasteiger partial charge in [-0.15, -0.1) is 0 Å². The van der Waals surface area contributed by atoms with Gasteiger partial charge < -0.3 is 4.74 Å². The molecule has 0 unspecified atom stereocenters. The zero-order chi connectivity index (χ0) is 8.84. The Morgan fingerprint density at radius 2 is 2.15 bits per heavy atom. The van der Waals surface area contributed by atoms with Gasteiger partial charge in [0, 0.05) is 6.07 Å². The van der Waals surface area contributed by atoms with E-state index in [1.54, 1.807) is 12.1 Å². The van der Waals surface area contributed by atoms with Gasteiger partial charge in [-0.2, -0.15) is 4.99 Å². The molecule has 0 aromatic heterocycles. The number of rotatable bonds is 0. The first-order valence-electron chi connectivity index (χ1n) is 3.68. The van der Waals surface area contributed by atoms with Crippen LogP contribution in [-0.2, 0) is 0 Å². The van der Waals surface area contributed by atoms with Crippen molar-refractivity contribution in [3.05, 3.63) is 22.8 Å². The fraction of sp³-hybridized carbons (Fsp3) is 0. The molecule has 62 valence electrons. The van der Waals surface area contributed by atoms with Gasteiger partial charge in [0.2, 0.25) is 0 Å². The maximum atomic E-state index is 10.8. The minimum absolute atomic E-state index is 0.456. The summed E-state index contributed by atoms with van der Waals surface area (Å²) in [5.74, 6) is 0.456. The van der Waals surface area contributed by atoms with E-state index in [9.17, 15) is 4.79 Å². The first-order valence-corrected chi connectivity index (χ1v) is 3.68. The largest absolute Gasteiger partial charge is 0.439 e. The third-order valence-corrected chi connectivity index (χ3v) is 1.86. The summed E-state index contributed by atoms with van der Waals surface area (Å²) in [5.41, 5.74) is 0.723. The van der Waals surface area contributed by atoms with Gasteiger partial charge in [-0.05, 0) is 6.07 Å². The Balaban J connectivity index is 2.41. The summed E-state index contributed by atoms with van der Waals surface area (Å²) < 4.78 is 4.81. The Morgan fingerprint density at radius 1 is 1.23 bits per heavy atom. The molecule has 1 amide bonds. The quantitative estimate of drug-likeness (QED) is 0.559. The van der Waals surface area contributed by atoms with Crippen LogP contribution in [0.2, 0.25) is 0 Å². The molecule has 2 heterocycles. The maximum Gasteiger partial charge on any atom is 0.439 e. The van der Waals surface area contributed by atoms with E-state index in [1.165, 1.54) is 6.34 Å². The molecule has 5 heteroatoms. The van der Waals surface area contributed by atoms with Crippen LogP contribution in [0.15, 0.2) is 27.1 Å². The van der Waals surface area contributed by atoms with E-state index in [0.717, 1.165) is 5.69 Å². The van der Waals surface area contributed by atoms with Crippen molar-refractivity contribution in [3.8, 4) is 5.75 Å². The van der Waals surface area contributed by atoms with Crippen molar-refractivity contribution < 1.29 is 9.53 Å². The lowest BCUT2D eigenvalue weighted by Crippen LogP contribution is -2.07. The third kappa shape index (κ3) is 0.807. The van der Waals surface area contributed by atoms with Crippen LogP contribution in [0.5, 0.6) is 5.75 Å². The number of carbonyl (C=O) groups is 1. The lowest BCUT2D eigenvalue weighted by atomic mass is 10.3. The van der Waals surface area contributed by atoms with Gasteiger partial charge in [0.1, 0.15) is 11.7 Å². The van der Waals surface area contributed by atoms with Crippen LogP contribution in [0.25, 0.3) is 0 Å². The predicted molar refractivity (Wildman–Crippen MR) is 42.9 cm³/mol. The predicted octanol–water partition coefficient (Wildman–Crippen LogP) is 0.112. The highest BCUT2D eigenvalue weighted by Gasteiger charge is 2.15. The number of nitrogens with zero attached hydrogens (tertiary/aromatic N) is 3. The molecule has 0 bridgehead atoms. The van der Waals surface area contributed by atoms with Crippen molar-refractivity contribution in [2.45, 2.75) is 0 Å². The average molecular weight is 173 g/mol. The summed E-state index contributed by atoms with van der Waals surface area (Å²) >= 11 is 0. The summed E-state index contributed by atoms with van der Waals surface area (Å²) in [4.78, 5) is 22.4. The average Bonchev–Trinajstić information content (AvgIpc) is 2.63. The molecule has 2 aliphatic rings. The molecular formula is C8H3N3O2. The third-order valence-electron chi connectivity index (χ3n) is 1.86. The second-order valence-corrected chi connectivity index (χ2v) is 2.66. The monoisotopic (exact) mass is 173 g/mol. The van der Waals surface area contributed by atoms with E-state index >= 15 is 0 Å². The molecule has 0 atom stereocenters. The maximum absolute atomic E-state index is 10.8. The lowest BCUT2D eigenvalue weighted by molar-refractivity contribution is 0.215. The summed E-state index contributed by atoms with van der Waals surface area (Å²) in [5, 5.41) is 1.24. The molecular weight excluding hydrogens is 170 g/mol. The van der Waals surface area contributed by atoms with E-state index in [4.69, 9.17) is 4.74 Å². The second kappa shape index (κ2) is 2.01. The summed E-state index contributed by atoms with van der Waals surface area (Å²) in [7, 11) is 0. The number of fused-ring (bicyclic) bond motifs is 2. The summed E-state index contributed by atoms with van der Waals surface area (Å²) in [6.45, 7) is 0. The van der Waals surface area contributed by atoms with Crippen LogP contribution in [0.4, 0.5) is 10.5 Å². The highest BCUT2D eigenvalue weighted by atomic mass is 16.6. The zero-order valence-corrected chi connectivity index (χ0v) is 6.39. The first kappa shape index (κ1) is 6.47. The molecule has 0 saturated heterocycles. The number of hydrogen-bond acceptors (Lipinski definition) is 4. The van der Waals surface area contributed by atoms with Crippen LogP contribution in [-0.4, -0.2) is 12.4 Å². The lowest BCUT2D eigenvalue weighted by Gasteiger charge is -1.92. The number of amides is 1. The minimum Gasteiger partial charge on any atom is -0.406 e. The van der Waals surface area contributed by atoms with Gasteiger partial charge in [-0.25, -0.2) is 14.8 Å². The zero-order valence-electron chi connectivity index (χ0n) is 6.39. The number of hydrogen-bond donors (Lipinski definition) is 0. The Labute approximate surface area is 72.1 Å². The van der Waals surface area contributed by atoms with E-state index in [2.05, 4.69) is 15.0 Å². The van der Waals surface area contributed by atoms with E-state index in [1.807, 2.05) is 0 Å². The molecule has 5 nitrogen and oxygen atoms in total. The van der Waals surface area contributed by atoms with Crippen LogP contribution in [0.3, 0.4) is 0 Å². The van der Waals surface area contributed by atoms with Crippen molar-refractivity contribution in [3.63, 3.8) is 0 Å². The van der Waals surface area contributed by atoms with E-state index in [0.29, 0.717) is 16.5 Å². The van der Waals surface area contributed by atoms with Crippen LogP contribution < -0.4 is 15.5 Å². The Bertz CT molecular complexity index is 559. The van der Waals surface area contributed by atoms with Gasteiger partial charge in [-0.3, -0.25) is 0 Å².